The third kappa shape index (κ3) is 2.74. The number of carbonyl (C=O) groups excluding carboxylic acids is 5. The lowest BCUT2D eigenvalue weighted by molar-refractivity contribution is -0.175. The van der Waals surface area contributed by atoms with Gasteiger partial charge in [-0.2, -0.15) is 0 Å². The predicted molar refractivity (Wildman–Crippen MR) is 107 cm³/mol. The first kappa shape index (κ1) is 21.4. The molecule has 2 fully saturated rings. The van der Waals surface area contributed by atoms with Gasteiger partial charge in [-0.3, -0.25) is 24.0 Å². The smallest absolute Gasteiger partial charge is 0.235 e. The minimum atomic E-state index is -2.60. The molecule has 164 valence electrons. The fourth-order valence-corrected chi connectivity index (χ4v) is 5.76. The van der Waals surface area contributed by atoms with Gasteiger partial charge in [0.05, 0.1) is 11.5 Å². The molecule has 4 rings (SSSR count). The van der Waals surface area contributed by atoms with Crippen LogP contribution in [0, 0.1) is 23.7 Å². The van der Waals surface area contributed by atoms with Crippen LogP contribution in [0.1, 0.15) is 53.7 Å². The summed E-state index contributed by atoms with van der Waals surface area (Å²) < 4.78 is 0. The molecule has 0 spiro atoms. The van der Waals surface area contributed by atoms with Crippen LogP contribution in [0.2, 0.25) is 0 Å². The molecule has 1 aromatic carbocycles. The lowest BCUT2D eigenvalue weighted by atomic mass is 9.53. The van der Waals surface area contributed by atoms with Gasteiger partial charge in [0, 0.05) is 12.3 Å². The van der Waals surface area contributed by atoms with E-state index in [2.05, 4.69) is 0 Å². The van der Waals surface area contributed by atoms with Crippen molar-refractivity contribution in [1.29, 1.82) is 0 Å². The van der Waals surface area contributed by atoms with E-state index in [-0.39, 0.29) is 24.2 Å². The van der Waals surface area contributed by atoms with Crippen molar-refractivity contribution in [3.05, 3.63) is 28.3 Å². The van der Waals surface area contributed by atoms with Gasteiger partial charge in [0.1, 0.15) is 5.75 Å². The van der Waals surface area contributed by atoms with Crippen LogP contribution in [0.4, 0.5) is 0 Å². The predicted octanol–water partition coefficient (Wildman–Crippen LogP) is 0.452. The Hall–Kier alpha value is -2.87. The Morgan fingerprint density at radius 3 is 2.32 bits per heavy atom. The largest absolute Gasteiger partial charge is 0.507 e. The molecule has 8 nitrogen and oxygen atoms in total. The molecule has 0 saturated heterocycles. The molecule has 0 aromatic heterocycles. The van der Waals surface area contributed by atoms with Crippen molar-refractivity contribution in [2.45, 2.75) is 51.6 Å². The van der Waals surface area contributed by atoms with E-state index in [1.165, 1.54) is 0 Å². The van der Waals surface area contributed by atoms with Crippen LogP contribution in [-0.4, -0.2) is 44.9 Å². The van der Waals surface area contributed by atoms with Crippen molar-refractivity contribution >= 4 is 29.0 Å². The number of hydrogen-bond acceptors (Lipinski definition) is 7. The highest BCUT2D eigenvalue weighted by atomic mass is 16.3. The van der Waals surface area contributed by atoms with Crippen LogP contribution >= 0.6 is 0 Å². The second-order valence-corrected chi connectivity index (χ2v) is 8.84. The number of ketones is 4. The van der Waals surface area contributed by atoms with Crippen LogP contribution in [-0.2, 0) is 38.4 Å². The lowest BCUT2D eigenvalue weighted by Crippen LogP contribution is -2.68. The topological polar surface area (TPSA) is 152 Å². The number of phenolic OH excluding ortho intramolecular Hbond substituents is 1. The van der Waals surface area contributed by atoms with Gasteiger partial charge in [0.15, 0.2) is 34.7 Å². The number of aliphatic hydroxyl groups is 1. The highest BCUT2D eigenvalue weighted by Crippen LogP contribution is 2.50. The number of phenols is 1. The summed E-state index contributed by atoms with van der Waals surface area (Å²) in [6.45, 7) is 3.79. The van der Waals surface area contributed by atoms with E-state index < -0.39 is 58.3 Å². The van der Waals surface area contributed by atoms with Gasteiger partial charge >= 0.3 is 0 Å². The number of aromatic hydroxyl groups is 1. The van der Waals surface area contributed by atoms with E-state index in [9.17, 15) is 34.2 Å². The van der Waals surface area contributed by atoms with E-state index in [0.29, 0.717) is 30.4 Å². The minimum Gasteiger partial charge on any atom is -0.507 e. The van der Waals surface area contributed by atoms with Gasteiger partial charge in [-0.1, -0.05) is 19.9 Å². The SMILES string of the molecule is CCc1cc(CC)c2c(c1O)C(=O)C1C(=O)[C@]3(O)C(=O)C(C(N)=O)C(=O)C[C@@H]3C[C@@H]1C2. The lowest BCUT2D eigenvalue weighted by Gasteiger charge is -2.48. The van der Waals surface area contributed by atoms with E-state index >= 15 is 0 Å². The summed E-state index contributed by atoms with van der Waals surface area (Å²) in [6.07, 6.45) is 1.24. The molecule has 5 atom stereocenters. The summed E-state index contributed by atoms with van der Waals surface area (Å²) in [6, 6.07) is 1.87. The monoisotopic (exact) mass is 427 g/mol. The average Bonchev–Trinajstić information content (AvgIpc) is 2.70. The van der Waals surface area contributed by atoms with Gasteiger partial charge in [-0.15, -0.1) is 0 Å². The van der Waals surface area contributed by atoms with Crippen LogP contribution in [0.25, 0.3) is 0 Å². The molecule has 31 heavy (non-hydrogen) atoms. The van der Waals surface area contributed by atoms with E-state index in [1.54, 1.807) is 0 Å². The molecular weight excluding hydrogens is 402 g/mol. The number of rotatable bonds is 3. The Morgan fingerprint density at radius 1 is 1.10 bits per heavy atom. The van der Waals surface area contributed by atoms with Gasteiger partial charge in [-0.05, 0) is 48.3 Å². The number of nitrogens with two attached hydrogens (primary N) is 1. The molecule has 1 amide bonds. The molecular formula is C23H25NO7. The summed E-state index contributed by atoms with van der Waals surface area (Å²) >= 11 is 0. The number of benzene rings is 1. The van der Waals surface area contributed by atoms with E-state index in [0.717, 1.165) is 5.56 Å². The molecule has 2 saturated carbocycles. The van der Waals surface area contributed by atoms with Gasteiger partial charge in [0.25, 0.3) is 0 Å². The quantitative estimate of drug-likeness (QED) is 0.592. The van der Waals surface area contributed by atoms with Crippen LogP contribution in [0.15, 0.2) is 6.07 Å². The zero-order chi connectivity index (χ0) is 22.8. The number of carbonyl (C=O) groups is 5. The number of hydrogen-bond donors (Lipinski definition) is 3. The maximum absolute atomic E-state index is 13.5. The zero-order valence-corrected chi connectivity index (χ0v) is 17.4. The van der Waals surface area contributed by atoms with Crippen molar-refractivity contribution < 1.29 is 34.2 Å². The van der Waals surface area contributed by atoms with Crippen molar-refractivity contribution in [3.63, 3.8) is 0 Å². The zero-order valence-electron chi connectivity index (χ0n) is 17.4. The highest BCUT2D eigenvalue weighted by Gasteiger charge is 2.66. The summed E-state index contributed by atoms with van der Waals surface area (Å²) in [5, 5.41) is 21.9. The fraction of sp³-hybridized carbons (Fsp3) is 0.522. The Kier molecular flexibility index (Phi) is 4.88. The second kappa shape index (κ2) is 7.09. The molecule has 2 unspecified atom stereocenters. The van der Waals surface area contributed by atoms with Crippen molar-refractivity contribution in [1.82, 2.24) is 0 Å². The number of primary amides is 1. The molecule has 3 aliphatic rings. The summed E-state index contributed by atoms with van der Waals surface area (Å²) in [4.78, 5) is 63.7. The number of amides is 1. The van der Waals surface area contributed by atoms with Crippen LogP contribution in [0.3, 0.4) is 0 Å². The van der Waals surface area contributed by atoms with Gasteiger partial charge < -0.3 is 15.9 Å². The standard InChI is InChI=1S/C23H25NO7/c1-3-9-5-10(4-2)18(26)16-13(9)7-11-6-12-8-14(25)17(22(24)30)21(29)23(12,31)20(28)15(11)19(16)27/h5,11-12,15,17,26,31H,3-4,6-8H2,1-2H3,(H2,24,30)/t11-,12+,15?,17?,23+/m1/s1. The fourth-order valence-electron chi connectivity index (χ4n) is 5.76. The highest BCUT2D eigenvalue weighted by molar-refractivity contribution is 6.31. The Morgan fingerprint density at radius 2 is 1.74 bits per heavy atom. The number of aryl methyl sites for hydroxylation is 2. The van der Waals surface area contributed by atoms with Crippen molar-refractivity contribution in [3.8, 4) is 5.75 Å². The first-order valence-electron chi connectivity index (χ1n) is 10.6. The second-order valence-electron chi connectivity index (χ2n) is 8.84. The summed E-state index contributed by atoms with van der Waals surface area (Å²) in [7, 11) is 0. The maximum atomic E-state index is 13.5. The normalized spacial score (nSPS) is 32.4. The first-order valence-corrected chi connectivity index (χ1v) is 10.6. The van der Waals surface area contributed by atoms with E-state index in [4.69, 9.17) is 5.73 Å². The van der Waals surface area contributed by atoms with Crippen molar-refractivity contribution in [2.24, 2.45) is 29.4 Å². The van der Waals surface area contributed by atoms with Gasteiger partial charge in [0.2, 0.25) is 5.91 Å². The molecule has 3 aliphatic carbocycles. The average molecular weight is 427 g/mol. The summed E-state index contributed by atoms with van der Waals surface area (Å²) in [5.41, 5.74) is 4.85. The summed E-state index contributed by atoms with van der Waals surface area (Å²) in [5.74, 6) is -9.64. The molecule has 8 heteroatoms. The molecule has 0 radical (unpaired) electrons. The Labute approximate surface area is 178 Å². The molecule has 0 bridgehead atoms. The molecule has 1 aromatic rings. The third-order valence-corrected chi connectivity index (χ3v) is 7.34. The maximum Gasteiger partial charge on any atom is 0.235 e. The van der Waals surface area contributed by atoms with E-state index in [1.807, 2.05) is 19.9 Å². The Bertz CT molecular complexity index is 1060. The first-order chi connectivity index (χ1) is 14.6. The van der Waals surface area contributed by atoms with Crippen molar-refractivity contribution in [2.75, 3.05) is 0 Å². The van der Waals surface area contributed by atoms with Crippen LogP contribution < -0.4 is 5.73 Å². The van der Waals surface area contributed by atoms with Crippen LogP contribution in [0.5, 0.6) is 5.75 Å². The minimum absolute atomic E-state index is 0.0821. The molecule has 0 heterocycles. The molecule has 4 N–H and O–H groups in total. The number of fused-ring (bicyclic) bond motifs is 3. The van der Waals surface area contributed by atoms with Gasteiger partial charge in [-0.25, -0.2) is 0 Å². The number of Topliss-reactive ketones (excluding diaryl/α,β-unsaturated/α-hetero) is 4. The molecule has 0 aliphatic heterocycles. The third-order valence-electron chi connectivity index (χ3n) is 7.34. The Balaban J connectivity index is 1.84.